The van der Waals surface area contributed by atoms with Crippen LogP contribution in [0.4, 0.5) is 0 Å². The number of hydrogen-bond donors (Lipinski definition) is 2. The molecule has 1 saturated carbocycles. The Balaban J connectivity index is 2.29. The van der Waals surface area contributed by atoms with Crippen LogP contribution in [0.5, 0.6) is 0 Å². The Labute approximate surface area is 105 Å². The number of nitrogens with one attached hydrogen (secondary N) is 1. The van der Waals surface area contributed by atoms with Gasteiger partial charge in [-0.25, -0.2) is 0 Å². The average Bonchev–Trinajstić information content (AvgIpc) is 3.18. The Morgan fingerprint density at radius 1 is 1.24 bits per heavy atom. The lowest BCUT2D eigenvalue weighted by Crippen LogP contribution is -2.54. The molecule has 4 nitrogen and oxygen atoms in total. The van der Waals surface area contributed by atoms with Gasteiger partial charge in [0.05, 0.1) is 32.0 Å². The first-order chi connectivity index (χ1) is 8.29. The Morgan fingerprint density at radius 2 is 1.94 bits per heavy atom. The molecular weight excluding hydrogens is 218 g/mol. The van der Waals surface area contributed by atoms with Gasteiger partial charge in [-0.15, -0.1) is 0 Å². The quantitative estimate of drug-likeness (QED) is 0.537. The van der Waals surface area contributed by atoms with Crippen molar-refractivity contribution in [2.24, 2.45) is 5.92 Å². The molecule has 0 radical (unpaired) electrons. The monoisotopic (exact) mass is 245 g/mol. The van der Waals surface area contributed by atoms with E-state index in [-0.39, 0.29) is 12.1 Å². The van der Waals surface area contributed by atoms with Crippen molar-refractivity contribution in [3.8, 4) is 0 Å². The van der Waals surface area contributed by atoms with Gasteiger partial charge in [-0.05, 0) is 38.6 Å². The van der Waals surface area contributed by atoms with Crippen LogP contribution in [-0.4, -0.2) is 50.2 Å². The Kier molecular flexibility index (Phi) is 7.04. The predicted molar refractivity (Wildman–Crippen MR) is 68.1 cm³/mol. The first-order valence-electron chi connectivity index (χ1n) is 6.80. The van der Waals surface area contributed by atoms with Crippen molar-refractivity contribution < 1.29 is 14.6 Å². The van der Waals surface area contributed by atoms with Crippen LogP contribution in [0, 0.1) is 5.92 Å². The average molecular weight is 245 g/mol. The summed E-state index contributed by atoms with van der Waals surface area (Å²) in [5.41, 5.74) is -0.220. The van der Waals surface area contributed by atoms with E-state index >= 15 is 0 Å². The van der Waals surface area contributed by atoms with E-state index in [2.05, 4.69) is 12.2 Å². The molecule has 0 aromatic carbocycles. The highest BCUT2D eigenvalue weighted by Gasteiger charge is 2.44. The summed E-state index contributed by atoms with van der Waals surface area (Å²) in [7, 11) is 0. The summed E-state index contributed by atoms with van der Waals surface area (Å²) in [4.78, 5) is 0. The molecule has 1 rings (SSSR count). The number of aliphatic hydroxyl groups is 1. The van der Waals surface area contributed by atoms with Crippen molar-refractivity contribution in [2.45, 2.75) is 38.6 Å². The number of hydrogen-bond acceptors (Lipinski definition) is 4. The van der Waals surface area contributed by atoms with Crippen molar-refractivity contribution in [3.63, 3.8) is 0 Å². The molecule has 0 amide bonds. The molecule has 17 heavy (non-hydrogen) atoms. The number of aliphatic hydroxyl groups excluding tert-OH is 1. The molecule has 0 aliphatic heterocycles. The Bertz CT molecular complexity index is 197. The smallest absolute Gasteiger partial charge is 0.0701 e. The zero-order valence-electron chi connectivity index (χ0n) is 11.2. The summed E-state index contributed by atoms with van der Waals surface area (Å²) >= 11 is 0. The fourth-order valence-corrected chi connectivity index (χ4v) is 2.07. The highest BCUT2D eigenvalue weighted by atomic mass is 16.5. The van der Waals surface area contributed by atoms with Gasteiger partial charge in [-0.2, -0.15) is 0 Å². The van der Waals surface area contributed by atoms with Crippen LogP contribution in [0.3, 0.4) is 0 Å². The molecule has 1 aliphatic carbocycles. The van der Waals surface area contributed by atoms with E-state index in [1.807, 2.05) is 6.92 Å². The summed E-state index contributed by atoms with van der Waals surface area (Å²) in [5, 5.41) is 13.1. The third kappa shape index (κ3) is 4.92. The van der Waals surface area contributed by atoms with Crippen LogP contribution >= 0.6 is 0 Å². The second kappa shape index (κ2) is 8.03. The topological polar surface area (TPSA) is 50.7 Å². The lowest BCUT2D eigenvalue weighted by Gasteiger charge is -2.33. The van der Waals surface area contributed by atoms with Gasteiger partial charge in [0.2, 0.25) is 0 Å². The second-order valence-corrected chi connectivity index (χ2v) is 4.76. The highest BCUT2D eigenvalue weighted by molar-refractivity contribution is 5.00. The molecule has 1 unspecified atom stereocenters. The van der Waals surface area contributed by atoms with Crippen LogP contribution in [0.25, 0.3) is 0 Å². The third-order valence-electron chi connectivity index (χ3n) is 3.30. The summed E-state index contributed by atoms with van der Waals surface area (Å²) in [5.74, 6) is 0.575. The van der Waals surface area contributed by atoms with E-state index in [0.29, 0.717) is 25.7 Å². The van der Waals surface area contributed by atoms with Gasteiger partial charge in [-0.3, -0.25) is 0 Å². The van der Waals surface area contributed by atoms with Crippen molar-refractivity contribution in [2.75, 3.05) is 39.6 Å². The summed E-state index contributed by atoms with van der Waals surface area (Å²) < 4.78 is 10.9. The van der Waals surface area contributed by atoms with Gasteiger partial charge in [0, 0.05) is 6.61 Å². The molecule has 1 fully saturated rings. The Hall–Kier alpha value is -0.160. The fourth-order valence-electron chi connectivity index (χ4n) is 2.07. The fraction of sp³-hybridized carbons (Fsp3) is 1.00. The lowest BCUT2D eigenvalue weighted by atomic mass is 9.95. The second-order valence-electron chi connectivity index (χ2n) is 4.76. The van der Waals surface area contributed by atoms with Crippen molar-refractivity contribution in [1.29, 1.82) is 0 Å². The molecule has 0 bridgehead atoms. The van der Waals surface area contributed by atoms with Crippen LogP contribution in [0.1, 0.15) is 33.1 Å². The van der Waals surface area contributed by atoms with E-state index < -0.39 is 0 Å². The first-order valence-corrected chi connectivity index (χ1v) is 6.80. The van der Waals surface area contributed by atoms with Gasteiger partial charge < -0.3 is 19.9 Å². The van der Waals surface area contributed by atoms with Crippen LogP contribution in [-0.2, 0) is 9.47 Å². The largest absolute Gasteiger partial charge is 0.394 e. The lowest BCUT2D eigenvalue weighted by molar-refractivity contribution is -0.00243. The molecule has 0 heterocycles. The van der Waals surface area contributed by atoms with E-state index in [0.717, 1.165) is 19.6 Å². The minimum absolute atomic E-state index is 0.159. The predicted octanol–water partition coefficient (Wildman–Crippen LogP) is 1.18. The molecule has 0 aromatic rings. The van der Waals surface area contributed by atoms with Gasteiger partial charge >= 0.3 is 0 Å². The highest BCUT2D eigenvalue weighted by Crippen LogP contribution is 2.39. The molecule has 0 aromatic heterocycles. The number of rotatable bonds is 11. The Morgan fingerprint density at radius 3 is 2.47 bits per heavy atom. The first kappa shape index (κ1) is 14.9. The summed E-state index contributed by atoms with van der Waals surface area (Å²) in [6.07, 6.45) is 3.48. The normalized spacial score (nSPS) is 19.2. The molecule has 102 valence electrons. The maximum atomic E-state index is 9.64. The standard InChI is InChI=1S/C13H27NO3/c1-3-7-14-13(10-15,12-5-6-12)11-17-9-8-16-4-2/h12,14-15H,3-11H2,1-2H3. The SMILES string of the molecule is CCCNC(CO)(COCCOCC)C1CC1. The summed E-state index contributed by atoms with van der Waals surface area (Å²) in [6, 6.07) is 0. The van der Waals surface area contributed by atoms with Crippen LogP contribution in [0.2, 0.25) is 0 Å². The van der Waals surface area contributed by atoms with Crippen molar-refractivity contribution in [1.82, 2.24) is 5.32 Å². The molecule has 4 heteroatoms. The summed E-state index contributed by atoms with van der Waals surface area (Å²) in [6.45, 7) is 7.76. The van der Waals surface area contributed by atoms with Crippen molar-refractivity contribution >= 4 is 0 Å². The van der Waals surface area contributed by atoms with E-state index in [4.69, 9.17) is 9.47 Å². The number of ether oxygens (including phenoxy) is 2. The maximum Gasteiger partial charge on any atom is 0.0701 e. The zero-order valence-corrected chi connectivity index (χ0v) is 11.2. The molecule has 1 aliphatic rings. The van der Waals surface area contributed by atoms with E-state index in [1.54, 1.807) is 0 Å². The van der Waals surface area contributed by atoms with Gasteiger partial charge in [-0.1, -0.05) is 6.92 Å². The van der Waals surface area contributed by atoms with Crippen LogP contribution < -0.4 is 5.32 Å². The maximum absolute atomic E-state index is 9.64. The minimum Gasteiger partial charge on any atom is -0.394 e. The third-order valence-corrected chi connectivity index (χ3v) is 3.30. The molecular formula is C13H27NO3. The van der Waals surface area contributed by atoms with E-state index in [1.165, 1.54) is 12.8 Å². The zero-order chi connectivity index (χ0) is 12.6. The molecule has 0 spiro atoms. The van der Waals surface area contributed by atoms with Gasteiger partial charge in [0.1, 0.15) is 0 Å². The minimum atomic E-state index is -0.220. The van der Waals surface area contributed by atoms with Gasteiger partial charge in [0.15, 0.2) is 0 Å². The van der Waals surface area contributed by atoms with Crippen LogP contribution in [0.15, 0.2) is 0 Å². The molecule has 0 saturated heterocycles. The molecule has 1 atom stereocenters. The van der Waals surface area contributed by atoms with Gasteiger partial charge in [0.25, 0.3) is 0 Å². The van der Waals surface area contributed by atoms with E-state index in [9.17, 15) is 5.11 Å². The molecule has 2 N–H and O–H groups in total. The van der Waals surface area contributed by atoms with Crippen molar-refractivity contribution in [3.05, 3.63) is 0 Å².